The fraction of sp³-hybridized carbons (Fsp3) is 0.333. The molecule has 5 nitrogen and oxygen atoms in total. The number of nitrogens with zero attached hydrogens (tertiary/aromatic N) is 4. The summed E-state index contributed by atoms with van der Waals surface area (Å²) in [6, 6.07) is 37.4. The first-order valence-corrected chi connectivity index (χ1v) is 19.1. The molecule has 0 saturated carbocycles. The number of aryl methyl sites for hydroxylation is 3. The van der Waals surface area contributed by atoms with E-state index < -0.39 is 0 Å². The van der Waals surface area contributed by atoms with Crippen LogP contribution in [0.2, 0.25) is 0 Å². The maximum absolute atomic E-state index is 6.71. The van der Waals surface area contributed by atoms with Crippen LogP contribution in [0.1, 0.15) is 88.9 Å². The molecule has 0 fully saturated rings. The minimum Gasteiger partial charge on any atom is -0.509 e. The molecule has 0 amide bonds. The molecule has 0 aliphatic carbocycles. The molecular formula is C48H52N4OPt. The van der Waals surface area contributed by atoms with Gasteiger partial charge in [-0.05, 0) is 96.3 Å². The van der Waals surface area contributed by atoms with E-state index in [1.54, 1.807) is 0 Å². The van der Waals surface area contributed by atoms with Crippen LogP contribution < -0.4 is 4.74 Å². The summed E-state index contributed by atoms with van der Waals surface area (Å²) < 4.78 is 10.9. The summed E-state index contributed by atoms with van der Waals surface area (Å²) in [5.41, 5.74) is 11.2. The molecule has 4 aromatic carbocycles. The van der Waals surface area contributed by atoms with Crippen LogP contribution in [0.3, 0.4) is 0 Å². The number of hydrogen-bond donors (Lipinski definition) is 0. The Morgan fingerprint density at radius 1 is 0.796 bits per heavy atom. The van der Waals surface area contributed by atoms with Gasteiger partial charge in [0.15, 0.2) is 0 Å². The van der Waals surface area contributed by atoms with E-state index in [4.69, 9.17) is 14.8 Å². The molecular weight excluding hydrogens is 844 g/mol. The quantitative estimate of drug-likeness (QED) is 0.129. The van der Waals surface area contributed by atoms with Crippen LogP contribution in [-0.4, -0.2) is 19.3 Å². The van der Waals surface area contributed by atoms with E-state index >= 15 is 0 Å². The number of benzene rings is 4. The number of hydrogen-bond acceptors (Lipinski definition) is 3. The zero-order chi connectivity index (χ0) is 37.6. The first kappa shape index (κ1) is 39.2. The molecule has 6 heteroatoms. The minimum absolute atomic E-state index is 0. The van der Waals surface area contributed by atoms with Gasteiger partial charge in [0.1, 0.15) is 5.82 Å². The maximum atomic E-state index is 6.71. The molecule has 3 heterocycles. The van der Waals surface area contributed by atoms with Gasteiger partial charge in [0.05, 0.1) is 5.69 Å². The van der Waals surface area contributed by atoms with Crippen LogP contribution in [0.4, 0.5) is 0 Å². The van der Waals surface area contributed by atoms with Crippen molar-refractivity contribution < 1.29 is 25.8 Å². The molecule has 0 bridgehead atoms. The second-order valence-corrected chi connectivity index (χ2v) is 16.4. The summed E-state index contributed by atoms with van der Waals surface area (Å²) in [6.45, 7) is 22.6. The monoisotopic (exact) mass is 895 g/mol. The van der Waals surface area contributed by atoms with Crippen molar-refractivity contribution in [3.63, 3.8) is 0 Å². The molecule has 0 radical (unpaired) electrons. The van der Waals surface area contributed by atoms with Gasteiger partial charge in [0, 0.05) is 34.5 Å². The third-order valence-corrected chi connectivity index (χ3v) is 11.1. The van der Waals surface area contributed by atoms with Crippen molar-refractivity contribution >= 4 is 21.8 Å². The minimum atomic E-state index is 0. The van der Waals surface area contributed by atoms with Crippen LogP contribution in [0, 0.1) is 50.2 Å². The van der Waals surface area contributed by atoms with Gasteiger partial charge in [-0.25, -0.2) is 4.98 Å². The standard InChI is InChI=1S/C48H52N4O.Pt/c1-30(2)16-17-36-25-39(52-35(7)47(34(6)50-52)37-14-12-11-13-15-37)28-41(26-36)53-40-19-20-42-43-27-38(32(4)33(5)48(8,9)10)18-21-44(43)51(45(42)29-40)46-24-31(3)22-23-49-46;/h11-15,18-27,30,32-33H,16-17H2,1-10H3;/q-2;+2. The number of ether oxygens (including phenoxy) is 1. The van der Waals surface area contributed by atoms with Crippen molar-refractivity contribution in [2.75, 3.05) is 0 Å². The smallest absolute Gasteiger partial charge is 0.509 e. The topological polar surface area (TPSA) is 44.9 Å². The summed E-state index contributed by atoms with van der Waals surface area (Å²) in [6.07, 6.45) is 3.89. The van der Waals surface area contributed by atoms with Crippen LogP contribution in [-0.2, 0) is 27.5 Å². The van der Waals surface area contributed by atoms with Crippen molar-refractivity contribution in [1.29, 1.82) is 0 Å². The van der Waals surface area contributed by atoms with E-state index in [9.17, 15) is 0 Å². The van der Waals surface area contributed by atoms with Gasteiger partial charge in [0.2, 0.25) is 0 Å². The third-order valence-electron chi connectivity index (χ3n) is 11.1. The molecule has 0 aliphatic heterocycles. The van der Waals surface area contributed by atoms with Crippen molar-refractivity contribution in [3.05, 3.63) is 131 Å². The SMILES string of the molecule is Cc1ccnc(-n2c3[c-]c(Oc4[c-]c(-n5nc(C)c(-c6ccccc6)c5C)cc(CCC(C)C)c4)ccc3c3cc(C(C)C(C)C(C)(C)C)ccc32)c1.[Pt+2]. The van der Waals surface area contributed by atoms with Crippen molar-refractivity contribution in [1.82, 2.24) is 19.3 Å². The predicted octanol–water partition coefficient (Wildman–Crippen LogP) is 12.7. The average Bonchev–Trinajstić information content (AvgIpc) is 3.61. The average molecular weight is 896 g/mol. The van der Waals surface area contributed by atoms with Crippen LogP contribution in [0.15, 0.2) is 91.1 Å². The zero-order valence-electron chi connectivity index (χ0n) is 33.3. The molecule has 7 aromatic rings. The first-order chi connectivity index (χ1) is 25.3. The normalized spacial score (nSPS) is 13.0. The van der Waals surface area contributed by atoms with E-state index in [2.05, 4.69) is 153 Å². The van der Waals surface area contributed by atoms with Crippen molar-refractivity contribution in [2.24, 2.45) is 17.3 Å². The zero-order valence-corrected chi connectivity index (χ0v) is 35.6. The molecule has 3 aromatic heterocycles. The molecule has 7 rings (SSSR count). The molecule has 0 saturated heterocycles. The Kier molecular flexibility index (Phi) is 11.4. The van der Waals surface area contributed by atoms with E-state index in [-0.39, 0.29) is 26.5 Å². The number of aromatic nitrogens is 4. The summed E-state index contributed by atoms with van der Waals surface area (Å²) in [7, 11) is 0. The fourth-order valence-corrected chi connectivity index (χ4v) is 7.58. The number of fused-ring (bicyclic) bond motifs is 3. The predicted molar refractivity (Wildman–Crippen MR) is 220 cm³/mol. The largest absolute Gasteiger partial charge is 2.00 e. The van der Waals surface area contributed by atoms with Crippen LogP contribution in [0.5, 0.6) is 11.5 Å². The van der Waals surface area contributed by atoms with Crippen LogP contribution >= 0.6 is 0 Å². The Morgan fingerprint density at radius 3 is 2.26 bits per heavy atom. The molecule has 0 N–H and O–H groups in total. The third kappa shape index (κ3) is 7.84. The Hall–Kier alpha value is -4.47. The Bertz CT molecular complexity index is 2410. The molecule has 0 spiro atoms. The van der Waals surface area contributed by atoms with Gasteiger partial charge < -0.3 is 9.30 Å². The summed E-state index contributed by atoms with van der Waals surface area (Å²) in [5, 5.41) is 7.33. The van der Waals surface area contributed by atoms with Gasteiger partial charge in [-0.3, -0.25) is 4.68 Å². The summed E-state index contributed by atoms with van der Waals surface area (Å²) in [5.74, 6) is 3.64. The maximum Gasteiger partial charge on any atom is 2.00 e. The first-order valence-electron chi connectivity index (χ1n) is 19.1. The fourth-order valence-electron chi connectivity index (χ4n) is 7.58. The van der Waals surface area contributed by atoms with E-state index in [1.165, 1.54) is 16.5 Å². The Balaban J connectivity index is 0.00000497. The van der Waals surface area contributed by atoms with Gasteiger partial charge in [0.25, 0.3) is 0 Å². The van der Waals surface area contributed by atoms with E-state index in [1.807, 2.05) is 29.1 Å². The Labute approximate surface area is 336 Å². The molecule has 0 aliphatic rings. The van der Waals surface area contributed by atoms with Crippen molar-refractivity contribution in [2.45, 2.75) is 88.0 Å². The van der Waals surface area contributed by atoms with Gasteiger partial charge in [-0.1, -0.05) is 103 Å². The van der Waals surface area contributed by atoms with Gasteiger partial charge in [-0.2, -0.15) is 16.7 Å². The Morgan fingerprint density at radius 2 is 1.56 bits per heavy atom. The van der Waals surface area contributed by atoms with E-state index in [0.29, 0.717) is 29.3 Å². The molecule has 2 atom stereocenters. The number of rotatable bonds is 10. The van der Waals surface area contributed by atoms with E-state index in [0.717, 1.165) is 68.8 Å². The van der Waals surface area contributed by atoms with Gasteiger partial charge >= 0.3 is 21.1 Å². The summed E-state index contributed by atoms with van der Waals surface area (Å²) in [4.78, 5) is 4.83. The number of pyridine rings is 1. The molecule has 280 valence electrons. The van der Waals surface area contributed by atoms with Gasteiger partial charge in [-0.15, -0.1) is 35.7 Å². The molecule has 2 unspecified atom stereocenters. The molecule has 54 heavy (non-hydrogen) atoms. The summed E-state index contributed by atoms with van der Waals surface area (Å²) >= 11 is 0. The second kappa shape index (κ2) is 15.7. The van der Waals surface area contributed by atoms with Crippen molar-refractivity contribution in [3.8, 4) is 34.1 Å². The van der Waals surface area contributed by atoms with Crippen LogP contribution in [0.25, 0.3) is 44.4 Å². The second-order valence-electron chi connectivity index (χ2n) is 16.4.